The van der Waals surface area contributed by atoms with Crippen LogP contribution in [0.4, 0.5) is 5.69 Å². The molecule has 7 heteroatoms. The van der Waals surface area contributed by atoms with Crippen LogP contribution in [0.25, 0.3) is 6.08 Å². The van der Waals surface area contributed by atoms with Gasteiger partial charge in [0.2, 0.25) is 5.91 Å². The van der Waals surface area contributed by atoms with Gasteiger partial charge in [-0.3, -0.25) is 4.79 Å². The van der Waals surface area contributed by atoms with Gasteiger partial charge in [0, 0.05) is 11.5 Å². The maximum absolute atomic E-state index is 11.8. The van der Waals surface area contributed by atoms with Crippen molar-refractivity contribution in [2.75, 3.05) is 5.32 Å². The summed E-state index contributed by atoms with van der Waals surface area (Å²) in [6.45, 7) is 1.87. The monoisotopic (exact) mass is 322 g/mol. The first-order valence-corrected chi connectivity index (χ1v) is 7.15. The lowest BCUT2D eigenvalue weighted by Crippen LogP contribution is -2.09. The molecule has 21 heavy (non-hydrogen) atoms. The fourth-order valence-corrected chi connectivity index (χ4v) is 2.29. The Morgan fingerprint density at radius 2 is 2.19 bits per heavy atom. The second-order valence-corrected chi connectivity index (χ2v) is 5.58. The van der Waals surface area contributed by atoms with Crippen molar-refractivity contribution >= 4 is 46.6 Å². The van der Waals surface area contributed by atoms with E-state index in [1.165, 1.54) is 35.6 Å². The Hall–Kier alpha value is -2.18. The van der Waals surface area contributed by atoms with Crippen LogP contribution in [0.15, 0.2) is 29.7 Å². The van der Waals surface area contributed by atoms with Gasteiger partial charge in [-0.25, -0.2) is 9.78 Å². The SMILES string of the molecule is Cc1nc(/C=C/C(=O)Nc2cc(C(=O)O)ccc2Cl)cs1. The molecule has 1 heterocycles. The second-order valence-electron chi connectivity index (χ2n) is 4.11. The number of carboxylic acids is 1. The van der Waals surface area contributed by atoms with Gasteiger partial charge in [0.05, 0.1) is 27.0 Å². The topological polar surface area (TPSA) is 79.3 Å². The number of nitrogens with one attached hydrogen (secondary N) is 1. The largest absolute Gasteiger partial charge is 0.478 e. The minimum absolute atomic E-state index is 0.0498. The van der Waals surface area contributed by atoms with Crippen molar-refractivity contribution in [2.24, 2.45) is 0 Å². The molecule has 0 aliphatic carbocycles. The van der Waals surface area contributed by atoms with Gasteiger partial charge < -0.3 is 10.4 Å². The number of benzene rings is 1. The molecule has 0 saturated heterocycles. The number of carbonyl (C=O) groups excluding carboxylic acids is 1. The first-order valence-electron chi connectivity index (χ1n) is 5.90. The highest BCUT2D eigenvalue weighted by molar-refractivity contribution is 7.09. The molecule has 0 atom stereocenters. The van der Waals surface area contributed by atoms with Gasteiger partial charge >= 0.3 is 5.97 Å². The summed E-state index contributed by atoms with van der Waals surface area (Å²) in [4.78, 5) is 26.9. The van der Waals surface area contributed by atoms with E-state index in [4.69, 9.17) is 16.7 Å². The van der Waals surface area contributed by atoms with Crippen molar-refractivity contribution in [3.8, 4) is 0 Å². The molecule has 0 saturated carbocycles. The number of hydrogen-bond donors (Lipinski definition) is 2. The number of anilines is 1. The van der Waals surface area contributed by atoms with E-state index in [9.17, 15) is 9.59 Å². The fraction of sp³-hybridized carbons (Fsp3) is 0.0714. The van der Waals surface area contributed by atoms with E-state index in [1.807, 2.05) is 12.3 Å². The van der Waals surface area contributed by atoms with Gasteiger partial charge in [0.1, 0.15) is 0 Å². The summed E-state index contributed by atoms with van der Waals surface area (Å²) in [5.74, 6) is -1.50. The van der Waals surface area contributed by atoms with E-state index in [0.29, 0.717) is 5.69 Å². The van der Waals surface area contributed by atoms with E-state index in [1.54, 1.807) is 6.08 Å². The van der Waals surface area contributed by atoms with Crippen LogP contribution in [0.5, 0.6) is 0 Å². The van der Waals surface area contributed by atoms with E-state index >= 15 is 0 Å². The lowest BCUT2D eigenvalue weighted by molar-refractivity contribution is -0.111. The smallest absolute Gasteiger partial charge is 0.335 e. The van der Waals surface area contributed by atoms with Crippen molar-refractivity contribution in [1.29, 1.82) is 0 Å². The number of aromatic nitrogens is 1. The van der Waals surface area contributed by atoms with Crippen molar-refractivity contribution in [2.45, 2.75) is 6.92 Å². The Morgan fingerprint density at radius 1 is 1.43 bits per heavy atom. The average Bonchev–Trinajstić information content (AvgIpc) is 2.84. The van der Waals surface area contributed by atoms with Crippen molar-refractivity contribution < 1.29 is 14.7 Å². The number of aromatic carboxylic acids is 1. The molecule has 5 nitrogen and oxygen atoms in total. The van der Waals surface area contributed by atoms with Crippen LogP contribution in [0.1, 0.15) is 21.1 Å². The summed E-state index contributed by atoms with van der Waals surface area (Å²) in [7, 11) is 0. The summed E-state index contributed by atoms with van der Waals surface area (Å²) in [5.41, 5.74) is 0.993. The van der Waals surface area contributed by atoms with Gasteiger partial charge in [-0.05, 0) is 31.2 Å². The van der Waals surface area contributed by atoms with Gasteiger partial charge in [0.25, 0.3) is 0 Å². The Balaban J connectivity index is 2.10. The Bertz CT molecular complexity index is 725. The van der Waals surface area contributed by atoms with Crippen LogP contribution in [0.2, 0.25) is 5.02 Å². The zero-order valence-electron chi connectivity index (χ0n) is 11.0. The molecular formula is C14H11ClN2O3S. The number of hydrogen-bond acceptors (Lipinski definition) is 4. The number of aryl methyl sites for hydroxylation is 1. The van der Waals surface area contributed by atoms with Crippen molar-refractivity contribution in [3.05, 3.63) is 50.9 Å². The summed E-state index contributed by atoms with van der Waals surface area (Å²) < 4.78 is 0. The molecule has 0 bridgehead atoms. The molecule has 0 fully saturated rings. The summed E-state index contributed by atoms with van der Waals surface area (Å²) in [6.07, 6.45) is 2.89. The van der Waals surface area contributed by atoms with Crippen LogP contribution in [0, 0.1) is 6.92 Å². The molecule has 0 radical (unpaired) electrons. The minimum Gasteiger partial charge on any atom is -0.478 e. The van der Waals surface area contributed by atoms with E-state index in [-0.39, 0.29) is 16.3 Å². The van der Waals surface area contributed by atoms with E-state index in [2.05, 4.69) is 10.3 Å². The minimum atomic E-state index is -1.09. The molecule has 2 rings (SSSR count). The fourth-order valence-electron chi connectivity index (χ4n) is 1.55. The summed E-state index contributed by atoms with van der Waals surface area (Å²) in [6, 6.07) is 4.10. The summed E-state index contributed by atoms with van der Waals surface area (Å²) >= 11 is 7.41. The van der Waals surface area contributed by atoms with Crippen LogP contribution in [0.3, 0.4) is 0 Å². The third-order valence-electron chi connectivity index (χ3n) is 2.51. The summed E-state index contributed by atoms with van der Waals surface area (Å²) in [5, 5.41) is 14.5. The molecule has 0 spiro atoms. The molecule has 1 aromatic carbocycles. The number of carboxylic acid groups (broad SMARTS) is 1. The standard InChI is InChI=1S/C14H11ClN2O3S/c1-8-16-10(7-21-8)3-5-13(18)17-12-6-9(14(19)20)2-4-11(12)15/h2-7H,1H3,(H,17,18)(H,19,20)/b5-3+. The van der Waals surface area contributed by atoms with Gasteiger partial charge in [-0.2, -0.15) is 0 Å². The van der Waals surface area contributed by atoms with Crippen LogP contribution >= 0.6 is 22.9 Å². The molecule has 2 N–H and O–H groups in total. The first kappa shape index (κ1) is 15.2. The van der Waals surface area contributed by atoms with E-state index < -0.39 is 11.9 Å². The van der Waals surface area contributed by atoms with Crippen LogP contribution in [-0.2, 0) is 4.79 Å². The van der Waals surface area contributed by atoms with Crippen LogP contribution < -0.4 is 5.32 Å². The molecule has 1 amide bonds. The average molecular weight is 323 g/mol. The Labute approximate surface area is 129 Å². The molecule has 0 aliphatic rings. The van der Waals surface area contributed by atoms with Crippen molar-refractivity contribution in [3.63, 3.8) is 0 Å². The molecular weight excluding hydrogens is 312 g/mol. The zero-order chi connectivity index (χ0) is 15.4. The Morgan fingerprint density at radius 3 is 2.81 bits per heavy atom. The molecule has 2 aromatic rings. The number of amides is 1. The number of halogens is 1. The van der Waals surface area contributed by atoms with Gasteiger partial charge in [-0.15, -0.1) is 11.3 Å². The number of thiazole rings is 1. The second kappa shape index (κ2) is 6.51. The normalized spacial score (nSPS) is 10.8. The van der Waals surface area contributed by atoms with Crippen molar-refractivity contribution in [1.82, 2.24) is 4.98 Å². The maximum Gasteiger partial charge on any atom is 0.335 e. The third-order valence-corrected chi connectivity index (χ3v) is 3.63. The van der Waals surface area contributed by atoms with Crippen LogP contribution in [-0.4, -0.2) is 22.0 Å². The first-order chi connectivity index (χ1) is 9.95. The van der Waals surface area contributed by atoms with Gasteiger partial charge in [-0.1, -0.05) is 11.6 Å². The Kier molecular flexibility index (Phi) is 4.72. The molecule has 1 aromatic heterocycles. The predicted molar refractivity (Wildman–Crippen MR) is 82.9 cm³/mol. The number of carbonyl (C=O) groups is 2. The molecule has 0 aliphatic heterocycles. The number of rotatable bonds is 4. The predicted octanol–water partition coefficient (Wildman–Crippen LogP) is 3.46. The third kappa shape index (κ3) is 4.14. The zero-order valence-corrected chi connectivity index (χ0v) is 12.5. The quantitative estimate of drug-likeness (QED) is 0.845. The number of nitrogens with zero attached hydrogens (tertiary/aromatic N) is 1. The highest BCUT2D eigenvalue weighted by atomic mass is 35.5. The highest BCUT2D eigenvalue weighted by Crippen LogP contribution is 2.23. The van der Waals surface area contributed by atoms with Gasteiger partial charge in [0.15, 0.2) is 0 Å². The van der Waals surface area contributed by atoms with E-state index in [0.717, 1.165) is 5.01 Å². The molecule has 108 valence electrons. The maximum atomic E-state index is 11.8. The lowest BCUT2D eigenvalue weighted by Gasteiger charge is -2.05. The highest BCUT2D eigenvalue weighted by Gasteiger charge is 2.08. The molecule has 0 unspecified atom stereocenters. The lowest BCUT2D eigenvalue weighted by atomic mass is 10.2.